The van der Waals surface area contributed by atoms with Crippen LogP contribution in [-0.4, -0.2) is 33.9 Å². The van der Waals surface area contributed by atoms with Crippen molar-refractivity contribution in [1.29, 1.82) is 0 Å². The minimum atomic E-state index is -0.506. The number of nitrogen functional groups attached to an aromatic ring is 1. The molecule has 0 radical (unpaired) electrons. The SMILES string of the molecule is COc1ccc(Cn2ncc([N+](=O)[O-])c2-c2nc(OC)ccc2N)cc1. The zero-order chi connectivity index (χ0) is 18.7. The van der Waals surface area contributed by atoms with E-state index < -0.39 is 4.92 Å². The van der Waals surface area contributed by atoms with E-state index in [4.69, 9.17) is 15.2 Å². The molecule has 2 N–H and O–H groups in total. The van der Waals surface area contributed by atoms with Gasteiger partial charge in [0.05, 0.1) is 31.4 Å². The number of nitrogens with zero attached hydrogens (tertiary/aromatic N) is 4. The highest BCUT2D eigenvalue weighted by Crippen LogP contribution is 2.33. The van der Waals surface area contributed by atoms with E-state index >= 15 is 0 Å². The second-order valence-corrected chi connectivity index (χ2v) is 5.43. The number of benzene rings is 1. The maximum Gasteiger partial charge on any atom is 0.316 e. The summed E-state index contributed by atoms with van der Waals surface area (Å²) < 4.78 is 11.7. The molecule has 9 heteroatoms. The minimum absolute atomic E-state index is 0.175. The second-order valence-electron chi connectivity index (χ2n) is 5.43. The molecule has 0 bridgehead atoms. The Hall–Kier alpha value is -3.62. The number of hydrogen-bond donors (Lipinski definition) is 1. The molecule has 0 unspecified atom stereocenters. The Morgan fingerprint density at radius 1 is 1.15 bits per heavy atom. The largest absolute Gasteiger partial charge is 0.497 e. The molecule has 3 rings (SSSR count). The van der Waals surface area contributed by atoms with Crippen LogP contribution in [0.15, 0.2) is 42.6 Å². The summed E-state index contributed by atoms with van der Waals surface area (Å²) in [6.07, 6.45) is 1.19. The van der Waals surface area contributed by atoms with Gasteiger partial charge in [-0.2, -0.15) is 5.10 Å². The topological polar surface area (TPSA) is 118 Å². The maximum atomic E-state index is 11.4. The molecule has 2 aromatic heterocycles. The molecule has 0 aliphatic heterocycles. The van der Waals surface area contributed by atoms with Gasteiger partial charge in [-0.05, 0) is 23.8 Å². The molecule has 9 nitrogen and oxygen atoms in total. The van der Waals surface area contributed by atoms with E-state index in [2.05, 4.69) is 10.1 Å². The number of ether oxygens (including phenoxy) is 2. The van der Waals surface area contributed by atoms with Gasteiger partial charge in [0, 0.05) is 6.07 Å². The number of nitrogens with two attached hydrogens (primary N) is 1. The molecule has 0 spiro atoms. The van der Waals surface area contributed by atoms with Gasteiger partial charge in [-0.3, -0.25) is 14.8 Å². The molecule has 0 saturated heterocycles. The Morgan fingerprint density at radius 2 is 1.88 bits per heavy atom. The number of nitro groups is 1. The molecule has 0 fully saturated rings. The van der Waals surface area contributed by atoms with Gasteiger partial charge in [0.1, 0.15) is 17.6 Å². The van der Waals surface area contributed by atoms with Gasteiger partial charge >= 0.3 is 5.69 Å². The minimum Gasteiger partial charge on any atom is -0.497 e. The van der Waals surface area contributed by atoms with Crippen molar-refractivity contribution in [3.05, 3.63) is 58.3 Å². The first-order valence-corrected chi connectivity index (χ1v) is 7.67. The Labute approximate surface area is 149 Å². The summed E-state index contributed by atoms with van der Waals surface area (Å²) in [6, 6.07) is 10.5. The van der Waals surface area contributed by atoms with E-state index in [0.29, 0.717) is 18.1 Å². The van der Waals surface area contributed by atoms with Crippen LogP contribution in [0.5, 0.6) is 11.6 Å². The summed E-state index contributed by atoms with van der Waals surface area (Å²) in [5.41, 5.74) is 7.50. The van der Waals surface area contributed by atoms with E-state index in [-0.39, 0.29) is 17.1 Å². The van der Waals surface area contributed by atoms with E-state index in [1.54, 1.807) is 19.2 Å². The number of anilines is 1. The Kier molecular flexibility index (Phi) is 4.70. The fourth-order valence-electron chi connectivity index (χ4n) is 2.53. The van der Waals surface area contributed by atoms with Crippen molar-refractivity contribution in [3.63, 3.8) is 0 Å². The molecule has 0 saturated carbocycles. The van der Waals surface area contributed by atoms with E-state index in [0.717, 1.165) is 11.3 Å². The summed E-state index contributed by atoms with van der Waals surface area (Å²) in [6.45, 7) is 0.311. The third kappa shape index (κ3) is 3.27. The smallest absolute Gasteiger partial charge is 0.316 e. The lowest BCUT2D eigenvalue weighted by Gasteiger charge is -2.10. The summed E-state index contributed by atoms with van der Waals surface area (Å²) in [5.74, 6) is 1.03. The van der Waals surface area contributed by atoms with Gasteiger partial charge in [0.2, 0.25) is 5.88 Å². The van der Waals surface area contributed by atoms with Gasteiger partial charge in [-0.25, -0.2) is 4.98 Å². The van der Waals surface area contributed by atoms with Gasteiger partial charge in [0.15, 0.2) is 5.69 Å². The first-order chi connectivity index (χ1) is 12.5. The lowest BCUT2D eigenvalue weighted by atomic mass is 10.2. The first-order valence-electron chi connectivity index (χ1n) is 7.67. The van der Waals surface area contributed by atoms with E-state index in [9.17, 15) is 10.1 Å². The van der Waals surface area contributed by atoms with Crippen LogP contribution in [0.1, 0.15) is 5.56 Å². The van der Waals surface area contributed by atoms with Crippen molar-refractivity contribution < 1.29 is 14.4 Å². The van der Waals surface area contributed by atoms with Gasteiger partial charge in [-0.1, -0.05) is 12.1 Å². The van der Waals surface area contributed by atoms with Crippen molar-refractivity contribution >= 4 is 11.4 Å². The van der Waals surface area contributed by atoms with Crippen molar-refractivity contribution in [1.82, 2.24) is 14.8 Å². The average Bonchev–Trinajstić information content (AvgIpc) is 3.06. The molecule has 0 aliphatic carbocycles. The molecule has 3 aromatic rings. The fourth-order valence-corrected chi connectivity index (χ4v) is 2.53. The average molecular weight is 355 g/mol. The molecule has 2 heterocycles. The maximum absolute atomic E-state index is 11.4. The summed E-state index contributed by atoms with van der Waals surface area (Å²) in [4.78, 5) is 15.2. The number of methoxy groups -OCH3 is 2. The summed E-state index contributed by atoms with van der Waals surface area (Å²) in [5, 5.41) is 15.6. The lowest BCUT2D eigenvalue weighted by molar-refractivity contribution is -0.384. The van der Waals surface area contributed by atoms with Crippen LogP contribution in [0.2, 0.25) is 0 Å². The Bertz CT molecular complexity index is 937. The normalized spacial score (nSPS) is 10.5. The Morgan fingerprint density at radius 3 is 2.50 bits per heavy atom. The highest BCUT2D eigenvalue weighted by Gasteiger charge is 2.25. The molecule has 0 atom stereocenters. The van der Waals surface area contributed by atoms with Crippen molar-refractivity contribution in [3.8, 4) is 23.0 Å². The predicted octanol–water partition coefficient (Wildman–Crippen LogP) is 2.50. The highest BCUT2D eigenvalue weighted by molar-refractivity contribution is 5.77. The summed E-state index contributed by atoms with van der Waals surface area (Å²) >= 11 is 0. The van der Waals surface area contributed by atoms with Crippen LogP contribution in [-0.2, 0) is 6.54 Å². The van der Waals surface area contributed by atoms with Gasteiger partial charge in [0.25, 0.3) is 0 Å². The summed E-state index contributed by atoms with van der Waals surface area (Å²) in [7, 11) is 3.05. The molecule has 0 amide bonds. The Balaban J connectivity index is 2.08. The zero-order valence-corrected chi connectivity index (χ0v) is 14.2. The molecule has 0 aliphatic rings. The fraction of sp³-hybridized carbons (Fsp3) is 0.176. The van der Waals surface area contributed by atoms with Crippen LogP contribution < -0.4 is 15.2 Å². The first kappa shape index (κ1) is 17.2. The number of pyridine rings is 1. The molecule has 134 valence electrons. The monoisotopic (exact) mass is 355 g/mol. The van der Waals surface area contributed by atoms with Crippen molar-refractivity contribution in [2.24, 2.45) is 0 Å². The van der Waals surface area contributed by atoms with Crippen LogP contribution in [0.4, 0.5) is 11.4 Å². The van der Waals surface area contributed by atoms with Gasteiger partial charge in [-0.15, -0.1) is 0 Å². The van der Waals surface area contributed by atoms with Crippen molar-refractivity contribution in [2.75, 3.05) is 20.0 Å². The van der Waals surface area contributed by atoms with Gasteiger partial charge < -0.3 is 15.2 Å². The molecule has 1 aromatic carbocycles. The second kappa shape index (κ2) is 7.09. The molecule has 26 heavy (non-hydrogen) atoms. The zero-order valence-electron chi connectivity index (χ0n) is 14.2. The molecular formula is C17H17N5O4. The van der Waals surface area contributed by atoms with E-state index in [1.807, 2.05) is 24.3 Å². The predicted molar refractivity (Wildman–Crippen MR) is 95.2 cm³/mol. The van der Waals surface area contributed by atoms with Crippen LogP contribution in [0, 0.1) is 10.1 Å². The third-order valence-corrected chi connectivity index (χ3v) is 3.84. The third-order valence-electron chi connectivity index (χ3n) is 3.84. The van der Waals surface area contributed by atoms with Crippen LogP contribution in [0.25, 0.3) is 11.4 Å². The quantitative estimate of drug-likeness (QED) is 0.533. The van der Waals surface area contributed by atoms with Crippen molar-refractivity contribution in [2.45, 2.75) is 6.54 Å². The standard InChI is InChI=1S/C17H17N5O4/c1-25-12-5-3-11(4-6-12)10-21-17(14(9-19-21)22(23)24)16-13(18)7-8-15(20-16)26-2/h3-9H,10,18H2,1-2H3. The lowest BCUT2D eigenvalue weighted by Crippen LogP contribution is -2.07. The van der Waals surface area contributed by atoms with E-state index in [1.165, 1.54) is 18.0 Å². The molecular weight excluding hydrogens is 338 g/mol. The van der Waals surface area contributed by atoms with Crippen LogP contribution in [0.3, 0.4) is 0 Å². The van der Waals surface area contributed by atoms with Crippen LogP contribution >= 0.6 is 0 Å². The number of aromatic nitrogens is 3. The number of hydrogen-bond acceptors (Lipinski definition) is 7. The number of rotatable bonds is 6. The highest BCUT2D eigenvalue weighted by atomic mass is 16.6.